The third kappa shape index (κ3) is 5.85. The Morgan fingerprint density at radius 2 is 1.73 bits per heavy atom. The van der Waals surface area contributed by atoms with Gasteiger partial charge in [0.05, 0.1) is 5.69 Å². The van der Waals surface area contributed by atoms with Gasteiger partial charge >= 0.3 is 0 Å². The maximum atomic E-state index is 6.44. The number of hydrogen-bond donors (Lipinski definition) is 0. The molecule has 3 rings (SSSR count). The van der Waals surface area contributed by atoms with Gasteiger partial charge in [0.15, 0.2) is 0 Å². The molecule has 0 fully saturated rings. The molecule has 1 aromatic heterocycles. The number of nitrogens with zero attached hydrogens (tertiary/aromatic N) is 3. The number of benzene rings is 2. The molecule has 6 heteroatoms. The summed E-state index contributed by atoms with van der Waals surface area (Å²) in [6.07, 6.45) is 2.72. The summed E-state index contributed by atoms with van der Waals surface area (Å²) in [5.41, 5.74) is 1.47. The van der Waals surface area contributed by atoms with E-state index in [2.05, 4.69) is 24.0 Å². The van der Waals surface area contributed by atoms with Gasteiger partial charge in [0, 0.05) is 38.0 Å². The van der Waals surface area contributed by atoms with E-state index in [0.717, 1.165) is 36.5 Å². The summed E-state index contributed by atoms with van der Waals surface area (Å²) < 4.78 is 14.1. The summed E-state index contributed by atoms with van der Waals surface area (Å²) >= 11 is 6.09. The van der Waals surface area contributed by atoms with Gasteiger partial charge < -0.3 is 14.4 Å². The van der Waals surface area contributed by atoms with Crippen molar-refractivity contribution >= 4 is 11.6 Å². The van der Waals surface area contributed by atoms with Crippen LogP contribution in [0.15, 0.2) is 66.9 Å². The number of ether oxygens (including phenoxy) is 2. The highest BCUT2D eigenvalue weighted by Crippen LogP contribution is 2.33. The fourth-order valence-electron chi connectivity index (χ4n) is 3.47. The number of halogens is 1. The van der Waals surface area contributed by atoms with Gasteiger partial charge in [-0.3, -0.25) is 4.68 Å². The van der Waals surface area contributed by atoms with E-state index in [0.29, 0.717) is 18.2 Å². The molecule has 30 heavy (non-hydrogen) atoms. The standard InChI is InChI=1S/C24H30ClN3O2/c1-24(23-14-15-26-28(23)3,20-10-12-21(25)13-11-20)30-18-7-16-27(2)17-19-29-22-8-5-4-6-9-22/h4-6,8-15H,7,16-19H2,1-3H3. The first-order valence-electron chi connectivity index (χ1n) is 10.2. The zero-order valence-corrected chi connectivity index (χ0v) is 18.7. The van der Waals surface area contributed by atoms with Crippen LogP contribution in [0.1, 0.15) is 24.6 Å². The number of para-hydroxylation sites is 1. The monoisotopic (exact) mass is 427 g/mol. The average Bonchev–Trinajstić information content (AvgIpc) is 3.19. The summed E-state index contributed by atoms with van der Waals surface area (Å²) in [5, 5.41) is 5.04. The second-order valence-electron chi connectivity index (χ2n) is 7.55. The summed E-state index contributed by atoms with van der Waals surface area (Å²) in [5.74, 6) is 0.907. The van der Waals surface area contributed by atoms with E-state index in [1.54, 1.807) is 6.20 Å². The molecule has 0 bridgehead atoms. The lowest BCUT2D eigenvalue weighted by Crippen LogP contribution is -2.32. The molecule has 1 unspecified atom stereocenters. The predicted octanol–water partition coefficient (Wildman–Crippen LogP) is 4.75. The molecule has 0 spiro atoms. The van der Waals surface area contributed by atoms with Crippen LogP contribution in [-0.4, -0.2) is 48.0 Å². The van der Waals surface area contributed by atoms with Crippen LogP contribution in [0.25, 0.3) is 0 Å². The highest BCUT2D eigenvalue weighted by atomic mass is 35.5. The first kappa shape index (κ1) is 22.3. The zero-order chi connectivity index (χ0) is 21.4. The smallest absolute Gasteiger partial charge is 0.132 e. The van der Waals surface area contributed by atoms with Crippen LogP contribution in [0.2, 0.25) is 5.02 Å². The van der Waals surface area contributed by atoms with Crippen molar-refractivity contribution in [1.29, 1.82) is 0 Å². The lowest BCUT2D eigenvalue weighted by Gasteiger charge is -2.31. The molecule has 0 amide bonds. The van der Waals surface area contributed by atoms with Gasteiger partial charge in [-0.2, -0.15) is 5.10 Å². The molecule has 1 atom stereocenters. The van der Waals surface area contributed by atoms with Crippen molar-refractivity contribution in [2.45, 2.75) is 18.9 Å². The van der Waals surface area contributed by atoms with Crippen LogP contribution >= 0.6 is 11.6 Å². The molecule has 1 heterocycles. The molecular formula is C24H30ClN3O2. The second-order valence-corrected chi connectivity index (χ2v) is 7.98. The highest BCUT2D eigenvalue weighted by molar-refractivity contribution is 6.30. The summed E-state index contributed by atoms with van der Waals surface area (Å²) in [6.45, 7) is 5.18. The molecule has 0 saturated carbocycles. The first-order valence-corrected chi connectivity index (χ1v) is 10.6. The van der Waals surface area contributed by atoms with Crippen LogP contribution in [-0.2, 0) is 17.4 Å². The Kier molecular flexibility index (Phi) is 7.91. The number of likely N-dealkylation sites (N-methyl/N-ethyl adjacent to an activating group) is 1. The van der Waals surface area contributed by atoms with Gasteiger partial charge in [0.1, 0.15) is 18.0 Å². The fraction of sp³-hybridized carbons (Fsp3) is 0.375. The Bertz CT molecular complexity index is 898. The van der Waals surface area contributed by atoms with Gasteiger partial charge in [-0.05, 0) is 56.3 Å². The van der Waals surface area contributed by atoms with E-state index >= 15 is 0 Å². The maximum absolute atomic E-state index is 6.44. The predicted molar refractivity (Wildman–Crippen MR) is 121 cm³/mol. The van der Waals surface area contributed by atoms with E-state index in [-0.39, 0.29) is 0 Å². The normalized spacial score (nSPS) is 13.4. The number of rotatable bonds is 11. The minimum absolute atomic E-state index is 0.592. The minimum Gasteiger partial charge on any atom is -0.492 e. The van der Waals surface area contributed by atoms with E-state index in [1.807, 2.05) is 72.4 Å². The van der Waals surface area contributed by atoms with Crippen LogP contribution in [0.5, 0.6) is 5.75 Å². The molecule has 0 aliphatic carbocycles. The van der Waals surface area contributed by atoms with E-state index < -0.39 is 5.60 Å². The SMILES string of the molecule is CN(CCCOC(C)(c1ccc(Cl)cc1)c1ccnn1C)CCOc1ccccc1. The van der Waals surface area contributed by atoms with Crippen molar-refractivity contribution < 1.29 is 9.47 Å². The topological polar surface area (TPSA) is 39.5 Å². The molecule has 0 N–H and O–H groups in total. The Morgan fingerprint density at radius 3 is 2.40 bits per heavy atom. The molecule has 0 radical (unpaired) electrons. The Balaban J connectivity index is 1.51. The largest absolute Gasteiger partial charge is 0.492 e. The lowest BCUT2D eigenvalue weighted by atomic mass is 9.92. The molecule has 0 saturated heterocycles. The van der Waals surface area contributed by atoms with Crippen molar-refractivity contribution in [2.24, 2.45) is 7.05 Å². The molecular weight excluding hydrogens is 398 g/mol. The second kappa shape index (κ2) is 10.6. The third-order valence-electron chi connectivity index (χ3n) is 5.26. The van der Waals surface area contributed by atoms with Crippen molar-refractivity contribution in [3.8, 4) is 5.75 Å². The van der Waals surface area contributed by atoms with E-state index in [4.69, 9.17) is 21.1 Å². The first-order chi connectivity index (χ1) is 14.5. The summed E-state index contributed by atoms with van der Waals surface area (Å²) in [7, 11) is 4.04. The van der Waals surface area contributed by atoms with Gasteiger partial charge in [0.2, 0.25) is 0 Å². The summed E-state index contributed by atoms with van der Waals surface area (Å²) in [6, 6.07) is 19.7. The van der Waals surface area contributed by atoms with Gasteiger partial charge in [0.25, 0.3) is 0 Å². The Labute approximate surface area is 184 Å². The highest BCUT2D eigenvalue weighted by Gasteiger charge is 2.32. The molecule has 3 aromatic rings. The van der Waals surface area contributed by atoms with Crippen molar-refractivity contribution in [3.63, 3.8) is 0 Å². The zero-order valence-electron chi connectivity index (χ0n) is 17.9. The van der Waals surface area contributed by atoms with Crippen LogP contribution in [0, 0.1) is 0 Å². The molecule has 0 aliphatic heterocycles. The number of hydrogen-bond acceptors (Lipinski definition) is 4. The Hall–Kier alpha value is -2.34. The quantitative estimate of drug-likeness (QED) is 0.414. The van der Waals surface area contributed by atoms with Crippen molar-refractivity contribution in [3.05, 3.63) is 83.1 Å². The molecule has 0 aliphatic rings. The van der Waals surface area contributed by atoms with Crippen LogP contribution in [0.4, 0.5) is 0 Å². The van der Waals surface area contributed by atoms with Crippen LogP contribution in [0.3, 0.4) is 0 Å². The van der Waals surface area contributed by atoms with Crippen molar-refractivity contribution in [2.75, 3.05) is 33.4 Å². The molecule has 160 valence electrons. The maximum Gasteiger partial charge on any atom is 0.132 e. The molecule has 5 nitrogen and oxygen atoms in total. The van der Waals surface area contributed by atoms with E-state index in [9.17, 15) is 0 Å². The lowest BCUT2D eigenvalue weighted by molar-refractivity contribution is -0.0134. The number of aryl methyl sites for hydroxylation is 1. The van der Waals surface area contributed by atoms with Crippen LogP contribution < -0.4 is 4.74 Å². The van der Waals surface area contributed by atoms with Gasteiger partial charge in [-0.15, -0.1) is 0 Å². The van der Waals surface area contributed by atoms with Gasteiger partial charge in [-0.1, -0.05) is 41.9 Å². The average molecular weight is 428 g/mol. The van der Waals surface area contributed by atoms with E-state index in [1.165, 1.54) is 0 Å². The third-order valence-corrected chi connectivity index (χ3v) is 5.52. The number of aromatic nitrogens is 2. The fourth-order valence-corrected chi connectivity index (χ4v) is 3.60. The van der Waals surface area contributed by atoms with Gasteiger partial charge in [-0.25, -0.2) is 0 Å². The summed E-state index contributed by atoms with van der Waals surface area (Å²) in [4.78, 5) is 2.26. The Morgan fingerprint density at radius 1 is 1.00 bits per heavy atom. The van der Waals surface area contributed by atoms with Crippen molar-refractivity contribution in [1.82, 2.24) is 14.7 Å². The molecule has 2 aromatic carbocycles. The minimum atomic E-state index is -0.592.